The van der Waals surface area contributed by atoms with E-state index in [0.29, 0.717) is 6.07 Å². The Balaban J connectivity index is 3.33. The number of rotatable bonds is 2. The Morgan fingerprint density at radius 2 is 1.87 bits per heavy atom. The molecule has 7 heteroatoms. The highest BCUT2D eigenvalue weighted by Gasteiger charge is 2.34. The van der Waals surface area contributed by atoms with Crippen molar-refractivity contribution in [1.29, 1.82) is 0 Å². The van der Waals surface area contributed by atoms with E-state index in [1.165, 1.54) is 14.2 Å². The third-order valence-electron chi connectivity index (χ3n) is 1.60. The second kappa shape index (κ2) is 4.14. The third kappa shape index (κ3) is 2.44. The van der Waals surface area contributed by atoms with E-state index in [2.05, 4.69) is 14.5 Å². The molecule has 1 rings (SSSR count). The van der Waals surface area contributed by atoms with Gasteiger partial charge in [0.2, 0.25) is 5.88 Å². The second-order valence-electron chi connectivity index (χ2n) is 2.53. The predicted octanol–water partition coefficient (Wildman–Crippen LogP) is 2.77. The monoisotopic (exact) mass is 241 g/mol. The molecule has 0 saturated carbocycles. The molecule has 0 aromatic carbocycles. The normalized spacial score (nSPS) is 11.3. The van der Waals surface area contributed by atoms with Gasteiger partial charge in [-0.25, -0.2) is 4.98 Å². The van der Waals surface area contributed by atoms with Gasteiger partial charge >= 0.3 is 6.18 Å². The Labute approximate surface area is 88.8 Å². The summed E-state index contributed by atoms with van der Waals surface area (Å²) in [7, 11) is 2.38. The lowest BCUT2D eigenvalue weighted by atomic mass is 10.3. The van der Waals surface area contributed by atoms with Gasteiger partial charge in [0.05, 0.1) is 14.2 Å². The molecule has 0 atom stereocenters. The Kier molecular flexibility index (Phi) is 3.28. The molecule has 3 nitrogen and oxygen atoms in total. The maximum atomic E-state index is 12.3. The molecule has 1 aromatic rings. The fourth-order valence-corrected chi connectivity index (χ4v) is 1.16. The van der Waals surface area contributed by atoms with Gasteiger partial charge in [0.15, 0.2) is 5.69 Å². The summed E-state index contributed by atoms with van der Waals surface area (Å²) in [5, 5.41) is -0.0898. The van der Waals surface area contributed by atoms with Crippen molar-refractivity contribution in [1.82, 2.24) is 4.98 Å². The largest absolute Gasteiger partial charge is 0.495 e. The lowest BCUT2D eigenvalue weighted by molar-refractivity contribution is -0.141. The van der Waals surface area contributed by atoms with Crippen LogP contribution in [0.4, 0.5) is 13.2 Å². The van der Waals surface area contributed by atoms with Crippen LogP contribution in [0, 0.1) is 0 Å². The van der Waals surface area contributed by atoms with Gasteiger partial charge in [0, 0.05) is 6.07 Å². The smallest absolute Gasteiger partial charge is 0.433 e. The summed E-state index contributed by atoms with van der Waals surface area (Å²) in [5.41, 5.74) is -1.11. The lowest BCUT2D eigenvalue weighted by Crippen LogP contribution is -2.09. The van der Waals surface area contributed by atoms with Crippen LogP contribution in [0.5, 0.6) is 11.6 Å². The van der Waals surface area contributed by atoms with Gasteiger partial charge in [-0.3, -0.25) is 0 Å². The van der Waals surface area contributed by atoms with Crippen molar-refractivity contribution < 1.29 is 22.6 Å². The molecule has 1 heterocycles. The Morgan fingerprint density at radius 1 is 1.27 bits per heavy atom. The van der Waals surface area contributed by atoms with Crippen LogP contribution in [0.1, 0.15) is 5.69 Å². The van der Waals surface area contributed by atoms with Crippen LogP contribution in [0.2, 0.25) is 5.02 Å². The highest BCUT2D eigenvalue weighted by molar-refractivity contribution is 6.33. The first kappa shape index (κ1) is 11.9. The minimum atomic E-state index is -4.56. The van der Waals surface area contributed by atoms with E-state index in [1.54, 1.807) is 0 Å². The molecule has 0 aliphatic heterocycles. The van der Waals surface area contributed by atoms with Crippen LogP contribution in [0.15, 0.2) is 6.07 Å². The fraction of sp³-hybridized carbons (Fsp3) is 0.375. The molecule has 15 heavy (non-hydrogen) atoms. The average molecular weight is 242 g/mol. The highest BCUT2D eigenvalue weighted by Crippen LogP contribution is 2.38. The molecule has 0 spiro atoms. The molecule has 0 amide bonds. The van der Waals surface area contributed by atoms with E-state index in [-0.39, 0.29) is 16.7 Å². The van der Waals surface area contributed by atoms with E-state index in [4.69, 9.17) is 11.6 Å². The van der Waals surface area contributed by atoms with Crippen molar-refractivity contribution in [3.8, 4) is 11.6 Å². The molecular weight excluding hydrogens is 235 g/mol. The minimum absolute atomic E-state index is 0.0898. The maximum absolute atomic E-state index is 12.3. The number of ether oxygens (including phenoxy) is 2. The fourth-order valence-electron chi connectivity index (χ4n) is 0.913. The number of hydrogen-bond donors (Lipinski definition) is 0. The standard InChI is InChI=1S/C8H7ClF3NO2/c1-14-4-3-5(8(10,11)12)13-7(15-2)6(4)9/h3H,1-2H3. The highest BCUT2D eigenvalue weighted by atomic mass is 35.5. The summed E-state index contributed by atoms with van der Waals surface area (Å²) in [6, 6.07) is 0.713. The van der Waals surface area contributed by atoms with Crippen LogP contribution in [0.25, 0.3) is 0 Å². The Bertz CT molecular complexity index is 342. The molecule has 0 bridgehead atoms. The zero-order valence-electron chi connectivity index (χ0n) is 7.85. The van der Waals surface area contributed by atoms with Crippen molar-refractivity contribution in [3.05, 3.63) is 16.8 Å². The predicted molar refractivity (Wildman–Crippen MR) is 47.4 cm³/mol. The number of hydrogen-bond acceptors (Lipinski definition) is 3. The van der Waals surface area contributed by atoms with E-state index < -0.39 is 11.9 Å². The first-order chi connectivity index (χ1) is 6.90. The summed E-state index contributed by atoms with van der Waals surface area (Å²) < 4.78 is 46.3. The van der Waals surface area contributed by atoms with Crippen molar-refractivity contribution >= 4 is 11.6 Å². The van der Waals surface area contributed by atoms with Crippen molar-refractivity contribution in [3.63, 3.8) is 0 Å². The minimum Gasteiger partial charge on any atom is -0.495 e. The van der Waals surface area contributed by atoms with Gasteiger partial charge in [-0.15, -0.1) is 0 Å². The Morgan fingerprint density at radius 3 is 2.27 bits per heavy atom. The number of pyridine rings is 1. The summed E-state index contributed by atoms with van der Waals surface area (Å²) in [6.45, 7) is 0. The topological polar surface area (TPSA) is 31.4 Å². The van der Waals surface area contributed by atoms with E-state index in [9.17, 15) is 13.2 Å². The summed E-state index contributed by atoms with van der Waals surface area (Å²) >= 11 is 5.65. The summed E-state index contributed by atoms with van der Waals surface area (Å²) in [5.74, 6) is -0.445. The molecule has 0 aliphatic carbocycles. The molecule has 0 N–H and O–H groups in total. The quantitative estimate of drug-likeness (QED) is 0.798. The van der Waals surface area contributed by atoms with Gasteiger partial charge < -0.3 is 9.47 Å². The second-order valence-corrected chi connectivity index (χ2v) is 2.91. The number of alkyl halides is 3. The van der Waals surface area contributed by atoms with Gasteiger partial charge in [0.25, 0.3) is 0 Å². The molecule has 0 saturated heterocycles. The number of halogens is 4. The zero-order valence-corrected chi connectivity index (χ0v) is 8.61. The first-order valence-electron chi connectivity index (χ1n) is 3.76. The van der Waals surface area contributed by atoms with E-state index >= 15 is 0 Å². The Hall–Kier alpha value is -1.17. The zero-order chi connectivity index (χ0) is 11.6. The van der Waals surface area contributed by atoms with Crippen molar-refractivity contribution in [2.24, 2.45) is 0 Å². The number of aromatic nitrogens is 1. The molecule has 0 unspecified atom stereocenters. The molecule has 1 aromatic heterocycles. The molecular formula is C8H7ClF3NO2. The summed E-state index contributed by atoms with van der Waals surface area (Å²) in [6.07, 6.45) is -4.56. The van der Waals surface area contributed by atoms with Gasteiger partial charge in [-0.1, -0.05) is 11.6 Å². The van der Waals surface area contributed by atoms with Gasteiger partial charge in [-0.05, 0) is 0 Å². The van der Waals surface area contributed by atoms with Gasteiger partial charge in [-0.2, -0.15) is 13.2 Å². The van der Waals surface area contributed by atoms with Crippen LogP contribution in [-0.2, 0) is 6.18 Å². The SMILES string of the molecule is COc1cc(C(F)(F)F)nc(OC)c1Cl. The van der Waals surface area contributed by atoms with Crippen LogP contribution >= 0.6 is 11.6 Å². The average Bonchev–Trinajstić information content (AvgIpc) is 2.16. The van der Waals surface area contributed by atoms with Crippen LogP contribution < -0.4 is 9.47 Å². The van der Waals surface area contributed by atoms with Crippen molar-refractivity contribution in [2.75, 3.05) is 14.2 Å². The summed E-state index contributed by atoms with van der Waals surface area (Å²) in [4.78, 5) is 3.21. The van der Waals surface area contributed by atoms with Crippen molar-refractivity contribution in [2.45, 2.75) is 6.18 Å². The van der Waals surface area contributed by atoms with Crippen LogP contribution in [0.3, 0.4) is 0 Å². The van der Waals surface area contributed by atoms with E-state index in [0.717, 1.165) is 0 Å². The number of nitrogens with zero attached hydrogens (tertiary/aromatic N) is 1. The molecule has 84 valence electrons. The maximum Gasteiger partial charge on any atom is 0.433 e. The molecule has 0 aliphatic rings. The lowest BCUT2D eigenvalue weighted by Gasteiger charge is -2.11. The van der Waals surface area contributed by atoms with Gasteiger partial charge in [0.1, 0.15) is 10.8 Å². The number of methoxy groups -OCH3 is 2. The molecule has 0 radical (unpaired) electrons. The first-order valence-corrected chi connectivity index (χ1v) is 4.13. The van der Waals surface area contributed by atoms with Crippen LogP contribution in [-0.4, -0.2) is 19.2 Å². The molecule has 0 fully saturated rings. The van der Waals surface area contributed by atoms with E-state index in [1.807, 2.05) is 0 Å². The third-order valence-corrected chi connectivity index (χ3v) is 1.95.